The number of rotatable bonds is 2. The maximum absolute atomic E-state index is 5.24. The molecule has 87 valence electrons. The number of hydrogen-bond acceptors (Lipinski definition) is 1. The van der Waals surface area contributed by atoms with Crippen LogP contribution in [0.4, 0.5) is 0 Å². The van der Waals surface area contributed by atoms with Crippen LogP contribution in [-0.4, -0.2) is 6.61 Å². The van der Waals surface area contributed by atoms with Crippen molar-refractivity contribution in [2.45, 2.75) is 34.6 Å². The summed E-state index contributed by atoms with van der Waals surface area (Å²) in [5, 5.41) is 0. The van der Waals surface area contributed by atoms with Crippen LogP contribution in [0.2, 0.25) is 0 Å². The molecular weight excluding hydrogens is 267 g/mol. The first-order chi connectivity index (χ1) is 5.92. The molecule has 0 aliphatic heterocycles. The van der Waals surface area contributed by atoms with Crippen LogP contribution in [-0.2, 0) is 24.1 Å². The summed E-state index contributed by atoms with van der Waals surface area (Å²) in [6.45, 7) is 11.9. The average molecular weight is 286 g/mol. The van der Waals surface area contributed by atoms with Crippen LogP contribution in [0.3, 0.4) is 0 Å². The second kappa shape index (κ2) is 6.46. The maximum atomic E-state index is 5.24. The van der Waals surface area contributed by atoms with E-state index in [-0.39, 0.29) is 30.2 Å². The van der Waals surface area contributed by atoms with Crippen LogP contribution in [0.5, 0.6) is 0 Å². The van der Waals surface area contributed by atoms with Gasteiger partial charge in [-0.3, -0.25) is 0 Å². The Labute approximate surface area is 117 Å². The molecule has 1 aliphatic rings. The fraction of sp³-hybridized carbons (Fsp3) is 0.636. The van der Waals surface area contributed by atoms with E-state index in [9.17, 15) is 0 Å². The summed E-state index contributed by atoms with van der Waals surface area (Å²) in [5.41, 5.74) is 5.98. The molecule has 15 heavy (non-hydrogen) atoms. The van der Waals surface area contributed by atoms with Gasteiger partial charge in [-0.1, -0.05) is 0 Å². The van der Waals surface area contributed by atoms with Gasteiger partial charge in [0.25, 0.3) is 0 Å². The summed E-state index contributed by atoms with van der Waals surface area (Å²) >= 11 is 1.76. The molecule has 0 radical (unpaired) electrons. The van der Waals surface area contributed by atoms with E-state index in [0.717, 1.165) is 6.61 Å². The van der Waals surface area contributed by atoms with Crippen molar-refractivity contribution >= 4 is 24.8 Å². The minimum absolute atomic E-state index is 0. The fourth-order valence-electron chi connectivity index (χ4n) is 2.03. The Hall–Kier alpha value is 0.734. The SMILES string of the molecule is CC1=C(C)C(C)(C)C(C[O][Ti])=C1C.Cl.Cl. The van der Waals surface area contributed by atoms with Crippen LogP contribution in [0.25, 0.3) is 0 Å². The molecule has 0 aromatic heterocycles. The standard InChI is InChI=1S/C11H17O.2ClH.Ti/c1-7-8(2)10(6-12)11(4,5)9(7)3;;;/h6H2,1-5H3;2*1H;/q-1;;;+1. The molecule has 1 aliphatic carbocycles. The minimum Gasteiger partial charge on any atom is -0.147 e. The molecule has 0 N–H and O–H groups in total. The molecule has 4 heteroatoms. The van der Waals surface area contributed by atoms with Crippen LogP contribution >= 0.6 is 24.8 Å². The van der Waals surface area contributed by atoms with Gasteiger partial charge in [0, 0.05) is 0 Å². The normalized spacial score (nSPS) is 18.7. The summed E-state index contributed by atoms with van der Waals surface area (Å²) in [6, 6.07) is 0. The summed E-state index contributed by atoms with van der Waals surface area (Å²) in [5.74, 6) is 0. The summed E-state index contributed by atoms with van der Waals surface area (Å²) < 4.78 is 5.24. The van der Waals surface area contributed by atoms with Crippen molar-refractivity contribution in [3.05, 3.63) is 22.3 Å². The van der Waals surface area contributed by atoms with E-state index in [1.54, 1.807) is 20.8 Å². The average Bonchev–Trinajstić information content (AvgIpc) is 2.20. The van der Waals surface area contributed by atoms with E-state index >= 15 is 0 Å². The van der Waals surface area contributed by atoms with Gasteiger partial charge in [-0.05, 0) is 0 Å². The van der Waals surface area contributed by atoms with Gasteiger partial charge in [-0.2, -0.15) is 0 Å². The Morgan fingerprint density at radius 3 is 1.80 bits per heavy atom. The van der Waals surface area contributed by atoms with E-state index in [0.29, 0.717) is 0 Å². The smallest absolute Gasteiger partial charge is 0.147 e. The Bertz CT molecular complexity index is 293. The molecule has 0 unspecified atom stereocenters. The molecule has 1 rings (SSSR count). The Kier molecular flexibility index (Phi) is 7.80. The molecule has 0 atom stereocenters. The maximum Gasteiger partial charge on any atom is -0.147 e. The van der Waals surface area contributed by atoms with Gasteiger partial charge in [0.15, 0.2) is 0 Å². The largest absolute Gasteiger partial charge is 0.147 e. The molecule has 0 aromatic carbocycles. The minimum atomic E-state index is 0. The van der Waals surface area contributed by atoms with Crippen LogP contribution in [0.15, 0.2) is 22.3 Å². The molecule has 0 fully saturated rings. The number of halogens is 2. The van der Waals surface area contributed by atoms with Gasteiger partial charge >= 0.3 is 93.1 Å². The predicted molar refractivity (Wildman–Crippen MR) is 65.3 cm³/mol. The van der Waals surface area contributed by atoms with E-state index in [2.05, 4.69) is 34.6 Å². The third-order valence-electron chi connectivity index (χ3n) is 3.49. The monoisotopic (exact) mass is 285 g/mol. The molecule has 0 bridgehead atoms. The molecule has 0 saturated heterocycles. The third-order valence-corrected chi connectivity index (χ3v) is 3.71. The number of hydrogen-bond donors (Lipinski definition) is 0. The van der Waals surface area contributed by atoms with Gasteiger partial charge in [0.05, 0.1) is 0 Å². The first-order valence-electron chi connectivity index (χ1n) is 4.60. The van der Waals surface area contributed by atoms with Crippen molar-refractivity contribution in [1.82, 2.24) is 0 Å². The second-order valence-corrected chi connectivity index (χ2v) is 4.72. The topological polar surface area (TPSA) is 9.23 Å². The van der Waals surface area contributed by atoms with Gasteiger partial charge in [0.2, 0.25) is 0 Å². The van der Waals surface area contributed by atoms with Crippen molar-refractivity contribution in [3.63, 3.8) is 0 Å². The predicted octanol–water partition coefficient (Wildman–Crippen LogP) is 4.00. The number of allylic oxidation sites excluding steroid dienone is 3. The van der Waals surface area contributed by atoms with E-state index < -0.39 is 0 Å². The first-order valence-corrected chi connectivity index (χ1v) is 5.23. The van der Waals surface area contributed by atoms with Gasteiger partial charge in [-0.15, -0.1) is 24.8 Å². The van der Waals surface area contributed by atoms with Crippen LogP contribution < -0.4 is 0 Å². The molecule has 0 saturated carbocycles. The van der Waals surface area contributed by atoms with E-state index in [1.165, 1.54) is 22.3 Å². The Morgan fingerprint density at radius 2 is 1.53 bits per heavy atom. The zero-order valence-electron chi connectivity index (χ0n) is 9.93. The molecule has 0 spiro atoms. The summed E-state index contributed by atoms with van der Waals surface area (Å²) in [6.07, 6.45) is 0. The van der Waals surface area contributed by atoms with E-state index in [1.807, 2.05) is 0 Å². The Balaban J connectivity index is 0. The fourth-order valence-corrected chi connectivity index (χ4v) is 2.26. The molecule has 0 amide bonds. The van der Waals surface area contributed by atoms with Crippen LogP contribution in [0.1, 0.15) is 34.6 Å². The van der Waals surface area contributed by atoms with Crippen molar-refractivity contribution < 1.29 is 24.1 Å². The third kappa shape index (κ3) is 3.11. The van der Waals surface area contributed by atoms with Crippen molar-refractivity contribution in [2.75, 3.05) is 6.61 Å². The van der Waals surface area contributed by atoms with Gasteiger partial charge in [0.1, 0.15) is 0 Å². The molecule has 1 nitrogen and oxygen atoms in total. The quantitative estimate of drug-likeness (QED) is 0.697. The molecule has 0 aromatic rings. The summed E-state index contributed by atoms with van der Waals surface area (Å²) in [4.78, 5) is 0. The van der Waals surface area contributed by atoms with Gasteiger partial charge < -0.3 is 0 Å². The van der Waals surface area contributed by atoms with E-state index in [4.69, 9.17) is 3.32 Å². The Morgan fingerprint density at radius 1 is 1.07 bits per heavy atom. The second-order valence-electron chi connectivity index (χ2n) is 4.27. The molecule has 0 heterocycles. The molecular formula is C11H19Cl2OTi. The van der Waals surface area contributed by atoms with Crippen molar-refractivity contribution in [2.24, 2.45) is 5.41 Å². The van der Waals surface area contributed by atoms with Gasteiger partial charge in [-0.25, -0.2) is 0 Å². The first kappa shape index (κ1) is 18.1. The zero-order chi connectivity index (χ0) is 10.2. The van der Waals surface area contributed by atoms with Crippen molar-refractivity contribution in [1.29, 1.82) is 0 Å². The van der Waals surface area contributed by atoms with Crippen LogP contribution in [0, 0.1) is 5.41 Å². The summed E-state index contributed by atoms with van der Waals surface area (Å²) in [7, 11) is 0. The van der Waals surface area contributed by atoms with Crippen molar-refractivity contribution in [3.8, 4) is 0 Å². The zero-order valence-corrected chi connectivity index (χ0v) is 13.1.